The number of unbranched alkanes of at least 4 members (excludes halogenated alkanes) is 2. The molecule has 1 aliphatic rings. The van der Waals surface area contributed by atoms with Crippen LogP contribution in [0.2, 0.25) is 0 Å². The molecule has 0 nitrogen and oxygen atoms in total. The predicted molar refractivity (Wildman–Crippen MR) is 61.6 cm³/mol. The van der Waals surface area contributed by atoms with Crippen LogP contribution >= 0.6 is 33.2 Å². The van der Waals surface area contributed by atoms with Crippen LogP contribution in [-0.4, -0.2) is 6.73 Å². The van der Waals surface area contributed by atoms with Gasteiger partial charge in [-0.25, -0.2) is 0 Å². The molecule has 0 N–H and O–H groups in total. The zero-order valence-corrected chi connectivity index (χ0v) is 11.0. The normalized spacial score (nSPS) is 15.8. The van der Waals surface area contributed by atoms with E-state index in [1.165, 1.54) is 38.5 Å². The van der Waals surface area contributed by atoms with Gasteiger partial charge in [-0.2, -0.15) is 0 Å². The first kappa shape index (κ1) is 13.1. The summed E-state index contributed by atoms with van der Waals surface area (Å²) in [6.45, 7) is 0.549. The van der Waals surface area contributed by atoms with Crippen molar-refractivity contribution in [2.45, 2.75) is 45.4 Å². The molecule has 0 unspecified atom stereocenters. The number of rotatable bonds is 4. The zero-order valence-electron chi connectivity index (χ0n) is 7.53. The van der Waals surface area contributed by atoms with Crippen LogP contribution in [0.25, 0.3) is 0 Å². The van der Waals surface area contributed by atoms with E-state index in [9.17, 15) is 0 Å². The average molecular weight is 248 g/mol. The molecule has 1 fully saturated rings. The van der Waals surface area contributed by atoms with Crippen LogP contribution < -0.4 is 0 Å². The molecule has 0 aromatic rings. The maximum absolute atomic E-state index is 4.94. The van der Waals surface area contributed by atoms with E-state index in [1.54, 1.807) is 0 Å². The molecule has 0 amide bonds. The van der Waals surface area contributed by atoms with E-state index in [-0.39, 0.29) is 0 Å². The molecule has 0 heterocycles. The Morgan fingerprint density at radius 3 is 2.00 bits per heavy atom. The van der Waals surface area contributed by atoms with Crippen LogP contribution in [0.3, 0.4) is 0 Å². The molecular weight excluding hydrogens is 231 g/mol. The molecule has 1 saturated carbocycles. The third-order valence-electron chi connectivity index (χ3n) is 1.91. The minimum atomic E-state index is -1.72. The molecule has 0 bridgehead atoms. The van der Waals surface area contributed by atoms with E-state index in [1.807, 2.05) is 0 Å². The lowest BCUT2D eigenvalue weighted by Gasteiger charge is -1.92. The Labute approximate surface area is 91.3 Å². The summed E-state index contributed by atoms with van der Waals surface area (Å²) in [4.78, 5) is 0. The molecule has 1 rings (SSSR count). The fourth-order valence-corrected chi connectivity index (χ4v) is 1.09. The molecule has 0 saturated heterocycles. The van der Waals surface area contributed by atoms with Crippen LogP contribution in [0.5, 0.6) is 0 Å². The Morgan fingerprint density at radius 1 is 1.17 bits per heavy atom. The third-order valence-corrected chi connectivity index (χ3v) is 1.91. The first-order chi connectivity index (χ1) is 5.66. The van der Waals surface area contributed by atoms with Crippen LogP contribution in [0.1, 0.15) is 45.4 Å². The highest BCUT2D eigenvalue weighted by Gasteiger charge is 2.19. The van der Waals surface area contributed by atoms with Crippen molar-refractivity contribution in [2.24, 2.45) is 5.92 Å². The molecule has 4 heteroatoms. The van der Waals surface area contributed by atoms with E-state index in [2.05, 4.69) is 6.92 Å². The molecule has 1 aliphatic carbocycles. The minimum Gasteiger partial charge on any atom is -0.130 e. The quantitative estimate of drug-likeness (QED) is 0.392. The standard InChI is InChI=1S/C8H16.Cl3HSi/c1-2-3-4-5-8-6-7-8;1-4(2)3/h8H,2-7H2,1H3;4H. The van der Waals surface area contributed by atoms with Crippen LogP contribution in [-0.2, 0) is 0 Å². The van der Waals surface area contributed by atoms with Crippen LogP contribution in [0.4, 0.5) is 0 Å². The second kappa shape index (κ2) is 8.67. The van der Waals surface area contributed by atoms with Gasteiger partial charge in [0, 0.05) is 0 Å². The van der Waals surface area contributed by atoms with Gasteiger partial charge >= 0.3 is 6.73 Å². The Hall–Kier alpha value is 1.09. The first-order valence-corrected chi connectivity index (χ1v) is 9.82. The Bertz CT molecular complexity index is 91.5. The second-order valence-electron chi connectivity index (χ2n) is 3.19. The molecular formula is C8H17Cl3Si. The van der Waals surface area contributed by atoms with E-state index in [4.69, 9.17) is 33.2 Å². The van der Waals surface area contributed by atoms with E-state index >= 15 is 0 Å². The monoisotopic (exact) mass is 246 g/mol. The summed E-state index contributed by atoms with van der Waals surface area (Å²) in [6, 6.07) is 0. The van der Waals surface area contributed by atoms with Crippen molar-refractivity contribution in [3.05, 3.63) is 0 Å². The lowest BCUT2D eigenvalue weighted by molar-refractivity contribution is 0.620. The molecule has 0 spiro atoms. The van der Waals surface area contributed by atoms with Crippen LogP contribution in [0, 0.1) is 5.92 Å². The SMILES string of the molecule is CCCCCC1CC1.Cl[SiH](Cl)Cl. The highest BCUT2D eigenvalue weighted by Crippen LogP contribution is 2.33. The van der Waals surface area contributed by atoms with Gasteiger partial charge < -0.3 is 0 Å². The van der Waals surface area contributed by atoms with Crippen molar-refractivity contribution < 1.29 is 0 Å². The van der Waals surface area contributed by atoms with Crippen molar-refractivity contribution in [1.29, 1.82) is 0 Å². The van der Waals surface area contributed by atoms with E-state index in [0.29, 0.717) is 0 Å². The topological polar surface area (TPSA) is 0 Å². The summed E-state index contributed by atoms with van der Waals surface area (Å²) < 4.78 is 0. The Kier molecular flexibility index (Phi) is 9.46. The Morgan fingerprint density at radius 2 is 1.67 bits per heavy atom. The fourth-order valence-electron chi connectivity index (χ4n) is 1.09. The van der Waals surface area contributed by atoms with Crippen molar-refractivity contribution in [2.75, 3.05) is 0 Å². The van der Waals surface area contributed by atoms with Gasteiger partial charge in [-0.1, -0.05) is 45.4 Å². The second-order valence-corrected chi connectivity index (χ2v) is 9.62. The van der Waals surface area contributed by atoms with E-state index < -0.39 is 6.73 Å². The van der Waals surface area contributed by atoms with E-state index in [0.717, 1.165) is 5.92 Å². The van der Waals surface area contributed by atoms with Gasteiger partial charge in [0.1, 0.15) is 0 Å². The summed E-state index contributed by atoms with van der Waals surface area (Å²) in [7, 11) is 0. The summed E-state index contributed by atoms with van der Waals surface area (Å²) in [5.41, 5.74) is 0. The van der Waals surface area contributed by atoms with Crippen molar-refractivity contribution in [3.63, 3.8) is 0 Å². The lowest BCUT2D eigenvalue weighted by Crippen LogP contribution is -1.75. The molecule has 0 atom stereocenters. The maximum Gasteiger partial charge on any atom is 0.326 e. The predicted octanol–water partition coefficient (Wildman–Crippen LogP) is 4.40. The molecule has 0 aromatic heterocycles. The van der Waals surface area contributed by atoms with Crippen molar-refractivity contribution >= 4 is 40.0 Å². The van der Waals surface area contributed by atoms with Gasteiger partial charge in [0.05, 0.1) is 0 Å². The van der Waals surface area contributed by atoms with Gasteiger partial charge in [0.2, 0.25) is 0 Å². The summed E-state index contributed by atoms with van der Waals surface area (Å²) in [5.74, 6) is 1.15. The Balaban J connectivity index is 0.000000261. The molecule has 0 aliphatic heterocycles. The highest BCUT2D eigenvalue weighted by molar-refractivity contribution is 7.54. The zero-order chi connectivity index (χ0) is 9.40. The molecule has 74 valence electrons. The van der Waals surface area contributed by atoms with Crippen molar-refractivity contribution in [1.82, 2.24) is 0 Å². The number of hydrogen-bond donors (Lipinski definition) is 0. The first-order valence-electron chi connectivity index (χ1n) is 4.59. The third kappa shape index (κ3) is 13.7. The molecule has 12 heavy (non-hydrogen) atoms. The summed E-state index contributed by atoms with van der Waals surface area (Å²) in [5, 5.41) is 0. The summed E-state index contributed by atoms with van der Waals surface area (Å²) in [6.07, 6.45) is 8.91. The summed E-state index contributed by atoms with van der Waals surface area (Å²) >= 11 is 14.8. The van der Waals surface area contributed by atoms with Gasteiger partial charge in [-0.3, -0.25) is 0 Å². The number of halogens is 3. The maximum atomic E-state index is 4.94. The fraction of sp³-hybridized carbons (Fsp3) is 1.00. The average Bonchev–Trinajstić information content (AvgIpc) is 2.70. The largest absolute Gasteiger partial charge is 0.326 e. The van der Waals surface area contributed by atoms with Gasteiger partial charge in [-0.15, -0.1) is 33.2 Å². The molecule has 0 radical (unpaired) electrons. The highest BCUT2D eigenvalue weighted by atomic mass is 35.8. The number of hydrogen-bond acceptors (Lipinski definition) is 0. The van der Waals surface area contributed by atoms with Gasteiger partial charge in [0.15, 0.2) is 0 Å². The van der Waals surface area contributed by atoms with Gasteiger partial charge in [-0.05, 0) is 5.92 Å². The lowest BCUT2D eigenvalue weighted by atomic mass is 10.1. The van der Waals surface area contributed by atoms with Crippen LogP contribution in [0.15, 0.2) is 0 Å². The molecule has 0 aromatic carbocycles. The van der Waals surface area contributed by atoms with Gasteiger partial charge in [0.25, 0.3) is 0 Å². The minimum absolute atomic E-state index is 1.15. The smallest absolute Gasteiger partial charge is 0.130 e. The van der Waals surface area contributed by atoms with Crippen molar-refractivity contribution in [3.8, 4) is 0 Å².